The third-order valence-corrected chi connectivity index (χ3v) is 1.79. The molecule has 70 valence electrons. The summed E-state index contributed by atoms with van der Waals surface area (Å²) in [7, 11) is 0. The number of hydrogen-bond donors (Lipinski definition) is 0. The van der Waals surface area contributed by atoms with Gasteiger partial charge in [0.1, 0.15) is 12.7 Å². The van der Waals surface area contributed by atoms with Crippen molar-refractivity contribution in [3.05, 3.63) is 36.4 Å². The summed E-state index contributed by atoms with van der Waals surface area (Å²) in [6, 6.07) is 2.89. The van der Waals surface area contributed by atoms with Crippen LogP contribution in [0.1, 0.15) is 5.69 Å². The number of rotatable bonds is 1. The van der Waals surface area contributed by atoms with E-state index in [0.29, 0.717) is 17.1 Å². The fraction of sp³-hybridized carbons (Fsp3) is 0.111. The van der Waals surface area contributed by atoms with Crippen LogP contribution in [-0.4, -0.2) is 19.9 Å². The van der Waals surface area contributed by atoms with E-state index in [1.165, 1.54) is 18.7 Å². The first-order chi connectivity index (χ1) is 6.77. The Morgan fingerprint density at radius 2 is 1.86 bits per heavy atom. The van der Waals surface area contributed by atoms with Gasteiger partial charge in [-0.05, 0) is 19.1 Å². The molecule has 0 fully saturated rings. The molecule has 2 aromatic heterocycles. The molecule has 2 aromatic rings. The van der Waals surface area contributed by atoms with E-state index in [1.54, 1.807) is 13.0 Å². The van der Waals surface area contributed by atoms with Crippen LogP contribution in [0.3, 0.4) is 0 Å². The van der Waals surface area contributed by atoms with Crippen LogP contribution in [0.4, 0.5) is 4.39 Å². The third kappa shape index (κ3) is 1.56. The number of nitrogens with zero attached hydrogens (tertiary/aromatic N) is 4. The van der Waals surface area contributed by atoms with Crippen molar-refractivity contribution in [1.29, 1.82) is 0 Å². The summed E-state index contributed by atoms with van der Waals surface area (Å²) in [5.41, 5.74) is 1.28. The SMILES string of the molecule is Cc1nc(F)ccc1-c1ncncn1. The maximum atomic E-state index is 12.7. The fourth-order valence-corrected chi connectivity index (χ4v) is 1.15. The predicted octanol–water partition coefficient (Wildman–Crippen LogP) is 1.38. The second-order valence-corrected chi connectivity index (χ2v) is 2.73. The van der Waals surface area contributed by atoms with Crippen molar-refractivity contribution in [2.24, 2.45) is 0 Å². The lowest BCUT2D eigenvalue weighted by molar-refractivity contribution is 0.580. The first kappa shape index (κ1) is 8.68. The highest BCUT2D eigenvalue weighted by molar-refractivity contribution is 5.56. The van der Waals surface area contributed by atoms with Gasteiger partial charge in [0.15, 0.2) is 5.82 Å². The highest BCUT2D eigenvalue weighted by Crippen LogP contribution is 2.16. The maximum absolute atomic E-state index is 12.7. The van der Waals surface area contributed by atoms with Crippen LogP contribution >= 0.6 is 0 Å². The lowest BCUT2D eigenvalue weighted by Crippen LogP contribution is -1.95. The number of aryl methyl sites for hydroxylation is 1. The first-order valence-electron chi connectivity index (χ1n) is 4.03. The molecule has 0 bridgehead atoms. The van der Waals surface area contributed by atoms with Crippen molar-refractivity contribution >= 4 is 0 Å². The van der Waals surface area contributed by atoms with Gasteiger partial charge in [-0.2, -0.15) is 4.39 Å². The van der Waals surface area contributed by atoms with Gasteiger partial charge in [0.25, 0.3) is 0 Å². The topological polar surface area (TPSA) is 51.6 Å². The molecule has 0 spiro atoms. The first-order valence-corrected chi connectivity index (χ1v) is 4.03. The molecule has 4 nitrogen and oxygen atoms in total. The smallest absolute Gasteiger partial charge is 0.213 e. The third-order valence-electron chi connectivity index (χ3n) is 1.79. The maximum Gasteiger partial charge on any atom is 0.213 e. The van der Waals surface area contributed by atoms with E-state index in [1.807, 2.05) is 0 Å². The quantitative estimate of drug-likeness (QED) is 0.637. The molecule has 2 heterocycles. The monoisotopic (exact) mass is 190 g/mol. The highest BCUT2D eigenvalue weighted by atomic mass is 19.1. The summed E-state index contributed by atoms with van der Waals surface area (Å²) >= 11 is 0. The zero-order chi connectivity index (χ0) is 9.97. The summed E-state index contributed by atoms with van der Waals surface area (Å²) in [5, 5.41) is 0. The molecule has 0 atom stereocenters. The van der Waals surface area contributed by atoms with Gasteiger partial charge in [-0.1, -0.05) is 0 Å². The lowest BCUT2D eigenvalue weighted by Gasteiger charge is -2.01. The van der Waals surface area contributed by atoms with Gasteiger partial charge in [0.05, 0.1) is 5.69 Å². The zero-order valence-corrected chi connectivity index (χ0v) is 7.48. The Morgan fingerprint density at radius 3 is 2.50 bits per heavy atom. The molecule has 0 saturated carbocycles. The van der Waals surface area contributed by atoms with Crippen LogP contribution in [0.25, 0.3) is 11.4 Å². The van der Waals surface area contributed by atoms with Crippen LogP contribution in [0.15, 0.2) is 24.8 Å². The Hall–Kier alpha value is -1.91. The Bertz CT molecular complexity index is 444. The molecule has 0 radical (unpaired) electrons. The van der Waals surface area contributed by atoms with Crippen LogP contribution in [0.2, 0.25) is 0 Å². The average Bonchev–Trinajstić information content (AvgIpc) is 2.19. The molecule has 0 aromatic carbocycles. The largest absolute Gasteiger partial charge is 0.225 e. The number of halogens is 1. The standard InChI is InChI=1S/C9H7FN4/c1-6-7(2-3-8(10)14-6)9-12-4-11-5-13-9/h2-5H,1H3. The highest BCUT2D eigenvalue weighted by Gasteiger charge is 2.05. The normalized spacial score (nSPS) is 10.1. The molecule has 0 aliphatic carbocycles. The molecular formula is C9H7FN4. The van der Waals surface area contributed by atoms with Crippen molar-refractivity contribution in [2.45, 2.75) is 6.92 Å². The van der Waals surface area contributed by atoms with E-state index in [-0.39, 0.29) is 0 Å². The summed E-state index contributed by atoms with van der Waals surface area (Å²) in [4.78, 5) is 15.3. The molecule has 0 aliphatic heterocycles. The Morgan fingerprint density at radius 1 is 1.14 bits per heavy atom. The van der Waals surface area contributed by atoms with Gasteiger partial charge in [-0.15, -0.1) is 0 Å². The van der Waals surface area contributed by atoms with E-state index in [4.69, 9.17) is 0 Å². The molecule has 0 saturated heterocycles. The van der Waals surface area contributed by atoms with Gasteiger partial charge in [-0.3, -0.25) is 0 Å². The Balaban J connectivity index is 2.53. The average molecular weight is 190 g/mol. The van der Waals surface area contributed by atoms with Gasteiger partial charge in [0, 0.05) is 5.56 Å². The second kappa shape index (κ2) is 3.45. The molecule has 2 rings (SSSR count). The van der Waals surface area contributed by atoms with Crippen LogP contribution in [0.5, 0.6) is 0 Å². The van der Waals surface area contributed by atoms with Crippen molar-refractivity contribution in [1.82, 2.24) is 19.9 Å². The van der Waals surface area contributed by atoms with Crippen molar-refractivity contribution in [3.8, 4) is 11.4 Å². The van der Waals surface area contributed by atoms with E-state index < -0.39 is 5.95 Å². The molecule has 14 heavy (non-hydrogen) atoms. The predicted molar refractivity (Wildman–Crippen MR) is 47.8 cm³/mol. The van der Waals surface area contributed by atoms with Crippen LogP contribution in [-0.2, 0) is 0 Å². The van der Waals surface area contributed by atoms with Crippen LogP contribution < -0.4 is 0 Å². The summed E-state index contributed by atoms with van der Waals surface area (Å²) in [6.45, 7) is 1.71. The molecule has 5 heteroatoms. The van der Waals surface area contributed by atoms with E-state index in [9.17, 15) is 4.39 Å². The minimum atomic E-state index is -0.500. The molecule has 0 unspecified atom stereocenters. The zero-order valence-electron chi connectivity index (χ0n) is 7.48. The Labute approximate surface area is 79.9 Å². The van der Waals surface area contributed by atoms with Crippen molar-refractivity contribution in [2.75, 3.05) is 0 Å². The van der Waals surface area contributed by atoms with Gasteiger partial charge < -0.3 is 0 Å². The lowest BCUT2D eigenvalue weighted by atomic mass is 10.2. The van der Waals surface area contributed by atoms with E-state index >= 15 is 0 Å². The molecule has 0 amide bonds. The number of hydrogen-bond acceptors (Lipinski definition) is 4. The minimum Gasteiger partial charge on any atom is -0.225 e. The van der Waals surface area contributed by atoms with Crippen molar-refractivity contribution in [3.63, 3.8) is 0 Å². The number of pyridine rings is 1. The van der Waals surface area contributed by atoms with E-state index in [2.05, 4.69) is 19.9 Å². The minimum absolute atomic E-state index is 0.500. The van der Waals surface area contributed by atoms with Crippen LogP contribution in [0, 0.1) is 12.9 Å². The summed E-state index contributed by atoms with van der Waals surface area (Å²) in [5.74, 6) is 0.00491. The summed E-state index contributed by atoms with van der Waals surface area (Å²) in [6.07, 6.45) is 2.79. The van der Waals surface area contributed by atoms with Crippen molar-refractivity contribution < 1.29 is 4.39 Å². The summed E-state index contributed by atoms with van der Waals surface area (Å²) < 4.78 is 12.7. The Kier molecular flexibility index (Phi) is 2.14. The van der Waals surface area contributed by atoms with Gasteiger partial charge >= 0.3 is 0 Å². The van der Waals surface area contributed by atoms with E-state index in [0.717, 1.165) is 0 Å². The molecule has 0 aliphatic rings. The van der Waals surface area contributed by atoms with Gasteiger partial charge in [0.2, 0.25) is 5.95 Å². The van der Waals surface area contributed by atoms with Gasteiger partial charge in [-0.25, -0.2) is 19.9 Å². The molecular weight excluding hydrogens is 183 g/mol. The molecule has 0 N–H and O–H groups in total. The second-order valence-electron chi connectivity index (χ2n) is 2.73. The fourth-order valence-electron chi connectivity index (χ4n) is 1.15. The number of aromatic nitrogens is 4.